The van der Waals surface area contributed by atoms with Gasteiger partial charge in [-0.15, -0.1) is 11.3 Å². The highest BCUT2D eigenvalue weighted by Gasteiger charge is 2.43. The van der Waals surface area contributed by atoms with Crippen molar-refractivity contribution in [2.24, 2.45) is 0 Å². The van der Waals surface area contributed by atoms with Gasteiger partial charge in [-0.2, -0.15) is 0 Å². The first-order valence-electron chi connectivity index (χ1n) is 8.32. The molecule has 0 saturated carbocycles. The number of morpholine rings is 1. The van der Waals surface area contributed by atoms with Gasteiger partial charge in [0.1, 0.15) is 11.3 Å². The van der Waals surface area contributed by atoms with Crippen LogP contribution in [0.15, 0.2) is 35.2 Å². The Kier molecular flexibility index (Phi) is 4.27. The average molecular weight is 357 g/mol. The number of hydrogen-bond acceptors (Lipinski definition) is 6. The summed E-state index contributed by atoms with van der Waals surface area (Å²) in [5.41, 5.74) is 3.59. The molecule has 3 heterocycles. The summed E-state index contributed by atoms with van der Waals surface area (Å²) in [6, 6.07) is 8.06. The van der Waals surface area contributed by atoms with E-state index in [-0.39, 0.29) is 24.5 Å². The van der Waals surface area contributed by atoms with Crippen molar-refractivity contribution in [3.63, 3.8) is 0 Å². The summed E-state index contributed by atoms with van der Waals surface area (Å²) in [5, 5.41) is 4.93. The van der Waals surface area contributed by atoms with E-state index in [4.69, 9.17) is 4.74 Å². The maximum absolute atomic E-state index is 12.2. The van der Waals surface area contributed by atoms with E-state index in [2.05, 4.69) is 15.2 Å². The minimum absolute atomic E-state index is 0.0578. The second-order valence-corrected chi connectivity index (χ2v) is 7.08. The van der Waals surface area contributed by atoms with Crippen LogP contribution in [0.5, 0.6) is 0 Å². The van der Waals surface area contributed by atoms with Crippen LogP contribution >= 0.6 is 11.3 Å². The van der Waals surface area contributed by atoms with Crippen molar-refractivity contribution in [2.45, 2.75) is 18.4 Å². The molecule has 7 heteroatoms. The van der Waals surface area contributed by atoms with E-state index in [1.54, 1.807) is 5.51 Å². The zero-order valence-corrected chi connectivity index (χ0v) is 14.6. The van der Waals surface area contributed by atoms with Gasteiger partial charge in [-0.05, 0) is 17.7 Å². The van der Waals surface area contributed by atoms with Crippen LogP contribution in [0.4, 0.5) is 5.69 Å². The summed E-state index contributed by atoms with van der Waals surface area (Å²) < 4.78 is 5.39. The number of benzene rings is 1. The van der Waals surface area contributed by atoms with Crippen LogP contribution in [0, 0.1) is 0 Å². The summed E-state index contributed by atoms with van der Waals surface area (Å²) in [6.45, 7) is 3.20. The first-order valence-corrected chi connectivity index (χ1v) is 9.26. The fourth-order valence-corrected chi connectivity index (χ4v) is 4.17. The maximum Gasteiger partial charge on any atom is 0.228 e. The van der Waals surface area contributed by atoms with Gasteiger partial charge in [0, 0.05) is 30.6 Å². The molecule has 1 aromatic carbocycles. The number of Topliss-reactive ketones (excluding diaryl/α,β-unsaturated/α-hetero) is 1. The molecule has 130 valence electrons. The first kappa shape index (κ1) is 16.2. The molecule has 2 fully saturated rings. The molecule has 2 aliphatic rings. The van der Waals surface area contributed by atoms with Gasteiger partial charge in [0.25, 0.3) is 0 Å². The molecule has 2 saturated heterocycles. The Morgan fingerprint density at radius 3 is 2.56 bits per heavy atom. The number of carbonyl (C=O) groups is 2. The second kappa shape index (κ2) is 6.57. The third kappa shape index (κ3) is 3.05. The molecule has 0 spiro atoms. The third-order valence-corrected chi connectivity index (χ3v) is 5.37. The lowest BCUT2D eigenvalue weighted by Crippen LogP contribution is -2.52. The smallest absolute Gasteiger partial charge is 0.228 e. The molecule has 2 aliphatic heterocycles. The molecule has 1 N–H and O–H groups in total. The molecule has 1 unspecified atom stereocenters. The number of ether oxygens (including phenoxy) is 1. The fraction of sp³-hybridized carbons (Fsp3) is 0.389. The van der Waals surface area contributed by atoms with E-state index in [0.29, 0.717) is 0 Å². The van der Waals surface area contributed by atoms with Crippen LogP contribution in [0.25, 0.3) is 0 Å². The van der Waals surface area contributed by atoms with Crippen molar-refractivity contribution in [2.75, 3.05) is 31.2 Å². The Balaban J connectivity index is 1.70. The predicted octanol–water partition coefficient (Wildman–Crippen LogP) is 1.70. The molecule has 6 nitrogen and oxygen atoms in total. The monoisotopic (exact) mass is 357 g/mol. The second-order valence-electron chi connectivity index (χ2n) is 6.37. The van der Waals surface area contributed by atoms with Crippen molar-refractivity contribution in [3.8, 4) is 0 Å². The number of aromatic nitrogens is 1. The number of rotatable bonds is 3. The Labute approximate surface area is 149 Å². The molecule has 1 atom stereocenters. The molecular weight excluding hydrogens is 338 g/mol. The predicted molar refractivity (Wildman–Crippen MR) is 94.8 cm³/mol. The highest BCUT2D eigenvalue weighted by molar-refractivity contribution is 7.07. The minimum Gasteiger partial charge on any atom is -0.378 e. The van der Waals surface area contributed by atoms with Crippen molar-refractivity contribution in [1.82, 2.24) is 10.3 Å². The summed E-state index contributed by atoms with van der Waals surface area (Å²) in [4.78, 5) is 30.9. The molecule has 2 aromatic rings. The lowest BCUT2D eigenvalue weighted by molar-refractivity contribution is -0.133. The number of thiazole rings is 1. The molecule has 1 amide bonds. The van der Waals surface area contributed by atoms with Crippen LogP contribution in [-0.4, -0.2) is 43.0 Å². The van der Waals surface area contributed by atoms with Gasteiger partial charge in [0.2, 0.25) is 5.91 Å². The van der Waals surface area contributed by atoms with Crippen molar-refractivity contribution in [3.05, 3.63) is 46.4 Å². The zero-order valence-electron chi connectivity index (χ0n) is 13.7. The van der Waals surface area contributed by atoms with E-state index in [1.807, 2.05) is 29.6 Å². The van der Waals surface area contributed by atoms with E-state index in [0.717, 1.165) is 43.2 Å². The zero-order chi connectivity index (χ0) is 17.3. The molecule has 1 aromatic heterocycles. The van der Waals surface area contributed by atoms with Crippen LogP contribution in [0.3, 0.4) is 0 Å². The Bertz CT molecular complexity index is 751. The summed E-state index contributed by atoms with van der Waals surface area (Å²) >= 11 is 1.46. The summed E-state index contributed by atoms with van der Waals surface area (Å²) in [7, 11) is 0. The van der Waals surface area contributed by atoms with E-state index in [1.165, 1.54) is 11.3 Å². The van der Waals surface area contributed by atoms with Gasteiger partial charge < -0.3 is 15.0 Å². The van der Waals surface area contributed by atoms with E-state index in [9.17, 15) is 9.59 Å². The number of nitrogens with zero attached hydrogens (tertiary/aromatic N) is 2. The fourth-order valence-electron chi connectivity index (χ4n) is 3.54. The highest BCUT2D eigenvalue weighted by atomic mass is 32.1. The van der Waals surface area contributed by atoms with Crippen LogP contribution in [-0.2, 0) is 19.9 Å². The Hall–Kier alpha value is -2.25. The average Bonchev–Trinajstić information content (AvgIpc) is 3.17. The number of ketones is 1. The highest BCUT2D eigenvalue weighted by Crippen LogP contribution is 2.36. The molecule has 25 heavy (non-hydrogen) atoms. The summed E-state index contributed by atoms with van der Waals surface area (Å²) in [5.74, 6) is -0.310. The lowest BCUT2D eigenvalue weighted by atomic mass is 9.79. The topological polar surface area (TPSA) is 71.5 Å². The molecular formula is C18H19N3O3S. The van der Waals surface area contributed by atoms with Crippen LogP contribution < -0.4 is 10.2 Å². The number of nitrogens with one attached hydrogen (secondary N) is 1. The van der Waals surface area contributed by atoms with Gasteiger partial charge >= 0.3 is 0 Å². The van der Waals surface area contributed by atoms with Crippen LogP contribution in [0.2, 0.25) is 0 Å². The number of carbonyl (C=O) groups excluding carboxylic acids is 2. The SMILES string of the molecule is O=C1CC(=O)NC(c2ccc(N3CCOCC3)cc2)(c2cscn2)C1. The summed E-state index contributed by atoms with van der Waals surface area (Å²) in [6.07, 6.45) is 0.178. The van der Waals surface area contributed by atoms with Gasteiger partial charge in [-0.1, -0.05) is 12.1 Å². The molecule has 4 rings (SSSR count). The molecule has 0 radical (unpaired) electrons. The standard InChI is InChI=1S/C18H19N3O3S/c22-15-9-17(23)20-18(10-15,16-11-25-12-19-16)13-1-3-14(4-2-13)21-5-7-24-8-6-21/h1-4,11-12H,5-10H2,(H,20,23). The largest absolute Gasteiger partial charge is 0.378 e. The normalized spacial score (nSPS) is 24.2. The van der Waals surface area contributed by atoms with Crippen molar-refractivity contribution >= 4 is 28.7 Å². The molecule has 0 aliphatic carbocycles. The van der Waals surface area contributed by atoms with Gasteiger partial charge in [0.05, 0.1) is 30.8 Å². The van der Waals surface area contributed by atoms with E-state index < -0.39 is 5.54 Å². The maximum atomic E-state index is 12.2. The van der Waals surface area contributed by atoms with Gasteiger partial charge in [-0.3, -0.25) is 9.59 Å². The van der Waals surface area contributed by atoms with E-state index >= 15 is 0 Å². The molecule has 0 bridgehead atoms. The number of amides is 1. The minimum atomic E-state index is -0.865. The number of piperidine rings is 1. The number of anilines is 1. The third-order valence-electron chi connectivity index (χ3n) is 4.78. The van der Waals surface area contributed by atoms with Gasteiger partial charge in [-0.25, -0.2) is 4.98 Å². The van der Waals surface area contributed by atoms with Crippen molar-refractivity contribution in [1.29, 1.82) is 0 Å². The van der Waals surface area contributed by atoms with Crippen molar-refractivity contribution < 1.29 is 14.3 Å². The Morgan fingerprint density at radius 2 is 1.92 bits per heavy atom. The van der Waals surface area contributed by atoms with Gasteiger partial charge in [0.15, 0.2) is 0 Å². The Morgan fingerprint density at radius 1 is 1.16 bits per heavy atom. The quantitative estimate of drug-likeness (QED) is 0.847. The number of hydrogen-bond donors (Lipinski definition) is 1. The first-order chi connectivity index (χ1) is 12.2. The lowest BCUT2D eigenvalue weighted by Gasteiger charge is -2.37. The van der Waals surface area contributed by atoms with Crippen LogP contribution in [0.1, 0.15) is 24.1 Å².